The second-order valence-corrected chi connectivity index (χ2v) is 13.4. The van der Waals surface area contributed by atoms with Crippen LogP contribution in [0.15, 0.2) is 108 Å². The zero-order chi connectivity index (χ0) is 31.9. The summed E-state index contributed by atoms with van der Waals surface area (Å²) in [6.45, 7) is 7.03. The van der Waals surface area contributed by atoms with Crippen molar-refractivity contribution in [1.29, 1.82) is 0 Å². The van der Waals surface area contributed by atoms with Gasteiger partial charge in [0.1, 0.15) is 12.6 Å². The van der Waals surface area contributed by atoms with Crippen molar-refractivity contribution in [2.45, 2.75) is 57.6 Å². The first kappa shape index (κ1) is 32.8. The lowest BCUT2D eigenvalue weighted by molar-refractivity contribution is -0.140. The van der Waals surface area contributed by atoms with Gasteiger partial charge in [0, 0.05) is 24.0 Å². The molecule has 0 saturated heterocycles. The minimum absolute atomic E-state index is 0.0652. The van der Waals surface area contributed by atoms with Gasteiger partial charge in [-0.2, -0.15) is 0 Å². The van der Waals surface area contributed by atoms with Gasteiger partial charge in [-0.25, -0.2) is 8.42 Å². The van der Waals surface area contributed by atoms with Crippen LogP contribution in [0.3, 0.4) is 0 Å². The summed E-state index contributed by atoms with van der Waals surface area (Å²) in [6.07, 6.45) is 0.244. The number of nitrogens with one attached hydrogen (secondary N) is 1. The monoisotopic (exact) mass is 631 g/mol. The Labute approximate surface area is 265 Å². The second kappa shape index (κ2) is 14.6. The van der Waals surface area contributed by atoms with E-state index < -0.39 is 28.5 Å². The molecule has 1 N–H and O–H groups in total. The van der Waals surface area contributed by atoms with Gasteiger partial charge in [-0.05, 0) is 74.7 Å². The molecule has 0 aliphatic heterocycles. The normalized spacial score (nSPS) is 12.0. The Morgan fingerprint density at radius 3 is 2.02 bits per heavy atom. The quantitative estimate of drug-likeness (QED) is 0.198. The summed E-state index contributed by atoms with van der Waals surface area (Å²) in [5.74, 6) is -0.839. The van der Waals surface area contributed by atoms with E-state index in [9.17, 15) is 18.0 Å². The van der Waals surface area contributed by atoms with Gasteiger partial charge in [-0.1, -0.05) is 90.0 Å². The van der Waals surface area contributed by atoms with Crippen LogP contribution in [0.1, 0.15) is 36.1 Å². The average molecular weight is 632 g/mol. The first-order valence-electron chi connectivity index (χ1n) is 14.5. The molecule has 0 aliphatic rings. The van der Waals surface area contributed by atoms with Gasteiger partial charge in [-0.3, -0.25) is 13.9 Å². The van der Waals surface area contributed by atoms with Crippen LogP contribution in [0.2, 0.25) is 5.02 Å². The molecule has 0 heterocycles. The number of carbonyl (C=O) groups is 2. The fourth-order valence-corrected chi connectivity index (χ4v) is 6.67. The summed E-state index contributed by atoms with van der Waals surface area (Å²) >= 11 is 6.14. The van der Waals surface area contributed by atoms with Crippen molar-refractivity contribution in [3.8, 4) is 0 Å². The standard InChI is InChI=1S/C35H38ClN3O4S/c1-25(2)37-35(41)33(22-28-11-7-5-8-12-28)38(23-29-16-18-30(36)19-17-29)34(40)24-39(32-20-15-26(3)21-27(32)4)44(42,43)31-13-9-6-10-14-31/h5-21,25,33H,22-24H2,1-4H3,(H,37,41)/t33-/m1/s1. The van der Waals surface area contributed by atoms with Crippen molar-refractivity contribution in [2.24, 2.45) is 0 Å². The van der Waals surface area contributed by atoms with Crippen LogP contribution in [0.25, 0.3) is 0 Å². The third-order valence-electron chi connectivity index (χ3n) is 7.20. The van der Waals surface area contributed by atoms with Gasteiger partial charge in [0.2, 0.25) is 11.8 Å². The third-order valence-corrected chi connectivity index (χ3v) is 9.23. The molecule has 0 aromatic heterocycles. The molecule has 1 atom stereocenters. The summed E-state index contributed by atoms with van der Waals surface area (Å²) in [5.41, 5.74) is 3.69. The number of halogens is 1. The predicted octanol–water partition coefficient (Wildman–Crippen LogP) is 6.32. The molecule has 0 saturated carbocycles. The Balaban J connectivity index is 1.82. The molecule has 0 unspecified atom stereocenters. The highest BCUT2D eigenvalue weighted by molar-refractivity contribution is 7.92. The Morgan fingerprint density at radius 2 is 1.43 bits per heavy atom. The van der Waals surface area contributed by atoms with E-state index in [-0.39, 0.29) is 29.8 Å². The van der Waals surface area contributed by atoms with E-state index in [1.54, 1.807) is 48.5 Å². The number of sulfonamides is 1. The Hall–Kier alpha value is -4.14. The number of hydrogen-bond acceptors (Lipinski definition) is 4. The largest absolute Gasteiger partial charge is 0.352 e. The van der Waals surface area contributed by atoms with E-state index in [4.69, 9.17) is 11.6 Å². The van der Waals surface area contributed by atoms with E-state index in [2.05, 4.69) is 5.32 Å². The molecule has 44 heavy (non-hydrogen) atoms. The summed E-state index contributed by atoms with van der Waals surface area (Å²) in [6, 6.07) is 28.9. The Morgan fingerprint density at radius 1 is 0.818 bits per heavy atom. The number of hydrogen-bond donors (Lipinski definition) is 1. The van der Waals surface area contributed by atoms with Crippen LogP contribution in [0.4, 0.5) is 5.69 Å². The van der Waals surface area contributed by atoms with E-state index in [0.717, 1.165) is 21.0 Å². The maximum atomic E-state index is 14.5. The fourth-order valence-electron chi connectivity index (χ4n) is 5.04. The number of anilines is 1. The molecule has 0 aliphatic carbocycles. The van der Waals surface area contributed by atoms with Gasteiger partial charge in [0.05, 0.1) is 10.6 Å². The lowest BCUT2D eigenvalue weighted by atomic mass is 10.0. The number of benzene rings is 4. The topological polar surface area (TPSA) is 86.8 Å². The number of amides is 2. The molecule has 230 valence electrons. The van der Waals surface area contributed by atoms with Gasteiger partial charge >= 0.3 is 0 Å². The molecule has 7 nitrogen and oxygen atoms in total. The Bertz CT molecular complexity index is 1680. The molecular formula is C35H38ClN3O4S. The van der Waals surface area contributed by atoms with Crippen molar-refractivity contribution in [2.75, 3.05) is 10.8 Å². The van der Waals surface area contributed by atoms with Crippen molar-refractivity contribution in [3.63, 3.8) is 0 Å². The first-order chi connectivity index (χ1) is 21.0. The van der Waals surface area contributed by atoms with E-state index in [0.29, 0.717) is 16.3 Å². The third kappa shape index (κ3) is 8.27. The maximum absolute atomic E-state index is 14.5. The van der Waals surface area contributed by atoms with Gasteiger partial charge in [0.25, 0.3) is 10.0 Å². The minimum atomic E-state index is -4.15. The zero-order valence-corrected chi connectivity index (χ0v) is 27.0. The van der Waals surface area contributed by atoms with Gasteiger partial charge in [0.15, 0.2) is 0 Å². The Kier molecular flexibility index (Phi) is 10.8. The number of carbonyl (C=O) groups excluding carboxylic acids is 2. The minimum Gasteiger partial charge on any atom is -0.352 e. The molecule has 0 bridgehead atoms. The smallest absolute Gasteiger partial charge is 0.264 e. The second-order valence-electron chi connectivity index (χ2n) is 11.1. The van der Waals surface area contributed by atoms with Crippen molar-refractivity contribution in [3.05, 3.63) is 130 Å². The molecule has 2 amide bonds. The zero-order valence-electron chi connectivity index (χ0n) is 25.4. The fraction of sp³-hybridized carbons (Fsp3) is 0.257. The van der Waals surface area contributed by atoms with Gasteiger partial charge < -0.3 is 10.2 Å². The highest BCUT2D eigenvalue weighted by Crippen LogP contribution is 2.28. The van der Waals surface area contributed by atoms with Crippen molar-refractivity contribution < 1.29 is 18.0 Å². The molecule has 0 fully saturated rings. The van der Waals surface area contributed by atoms with Crippen LogP contribution >= 0.6 is 11.6 Å². The number of rotatable bonds is 12. The van der Waals surface area contributed by atoms with Crippen molar-refractivity contribution >= 4 is 39.1 Å². The summed E-state index contributed by atoms with van der Waals surface area (Å²) < 4.78 is 29.4. The lowest BCUT2D eigenvalue weighted by Crippen LogP contribution is -2.54. The molecule has 4 aromatic rings. The van der Waals surface area contributed by atoms with Crippen LogP contribution in [-0.4, -0.2) is 43.8 Å². The molecule has 4 aromatic carbocycles. The molecule has 0 radical (unpaired) electrons. The first-order valence-corrected chi connectivity index (χ1v) is 16.3. The lowest BCUT2D eigenvalue weighted by Gasteiger charge is -2.34. The van der Waals surface area contributed by atoms with E-state index in [1.165, 1.54) is 17.0 Å². The van der Waals surface area contributed by atoms with Crippen molar-refractivity contribution in [1.82, 2.24) is 10.2 Å². The summed E-state index contributed by atoms with van der Waals surface area (Å²) in [5, 5.41) is 3.51. The highest BCUT2D eigenvalue weighted by atomic mass is 35.5. The SMILES string of the molecule is Cc1ccc(N(CC(=O)N(Cc2ccc(Cl)cc2)[C@H](Cc2ccccc2)C(=O)NC(C)C)S(=O)(=O)c2ccccc2)c(C)c1. The predicted molar refractivity (Wildman–Crippen MR) is 176 cm³/mol. The number of aryl methyl sites for hydroxylation is 2. The van der Waals surface area contributed by atoms with Crippen LogP contribution in [0, 0.1) is 13.8 Å². The summed E-state index contributed by atoms with van der Waals surface area (Å²) in [7, 11) is -4.15. The average Bonchev–Trinajstić information content (AvgIpc) is 2.99. The molecule has 4 rings (SSSR count). The summed E-state index contributed by atoms with van der Waals surface area (Å²) in [4.78, 5) is 29.8. The molecule has 9 heteroatoms. The van der Waals surface area contributed by atoms with E-state index in [1.807, 2.05) is 70.2 Å². The number of nitrogens with zero attached hydrogens (tertiary/aromatic N) is 2. The van der Waals surface area contributed by atoms with Crippen LogP contribution < -0.4 is 9.62 Å². The van der Waals surface area contributed by atoms with E-state index >= 15 is 0 Å². The highest BCUT2D eigenvalue weighted by Gasteiger charge is 2.35. The molecular weight excluding hydrogens is 594 g/mol. The van der Waals surface area contributed by atoms with Gasteiger partial charge in [-0.15, -0.1) is 0 Å². The van der Waals surface area contributed by atoms with Crippen LogP contribution in [0.5, 0.6) is 0 Å². The molecule has 0 spiro atoms. The van der Waals surface area contributed by atoms with Crippen LogP contribution in [-0.2, 0) is 32.6 Å². The maximum Gasteiger partial charge on any atom is 0.264 e.